The molecule has 0 atom stereocenters. The minimum absolute atomic E-state index is 0.210. The molecule has 1 rings (SSSR count). The van der Waals surface area contributed by atoms with Gasteiger partial charge in [-0.2, -0.15) is 4.79 Å². The van der Waals surface area contributed by atoms with E-state index in [-0.39, 0.29) is 5.71 Å². The molecule has 88 valence electrons. The fourth-order valence-electron chi connectivity index (χ4n) is 1.04. The van der Waals surface area contributed by atoms with Gasteiger partial charge in [-0.15, -0.1) is 0 Å². The van der Waals surface area contributed by atoms with Crippen molar-refractivity contribution in [1.82, 2.24) is 0 Å². The molecule has 6 heteroatoms. The van der Waals surface area contributed by atoms with Crippen molar-refractivity contribution < 1.29 is 14.3 Å². The molecule has 4 nitrogen and oxygen atoms in total. The number of benzene rings is 1. The highest BCUT2D eigenvalue weighted by atomic mass is 35.5. The fraction of sp³-hybridized carbons (Fsp3) is 0.0909. The molecule has 0 amide bonds. The largest absolute Gasteiger partial charge is 0.460 e. The van der Waals surface area contributed by atoms with Gasteiger partial charge in [0.2, 0.25) is 0 Å². The maximum atomic E-state index is 11.1. The highest BCUT2D eigenvalue weighted by Crippen LogP contribution is 2.23. The zero-order valence-electron chi connectivity index (χ0n) is 8.85. The Morgan fingerprint density at radius 3 is 2.65 bits per heavy atom. The van der Waals surface area contributed by atoms with Gasteiger partial charge in [0.15, 0.2) is 0 Å². The summed E-state index contributed by atoms with van der Waals surface area (Å²) in [6.07, 6.45) is 2.86. The third-order valence-electron chi connectivity index (χ3n) is 1.88. The van der Waals surface area contributed by atoms with Crippen molar-refractivity contribution >= 4 is 41.0 Å². The fourth-order valence-corrected chi connectivity index (χ4v) is 1.34. The smallest absolute Gasteiger partial charge is 0.421 e. The first-order valence-corrected chi connectivity index (χ1v) is 5.27. The number of hydrogen-bond acceptors (Lipinski definition) is 2. The van der Waals surface area contributed by atoms with Crippen LogP contribution in [0.2, 0.25) is 10.0 Å². The molecule has 1 aromatic carbocycles. The molecule has 0 heterocycles. The van der Waals surface area contributed by atoms with Crippen LogP contribution in [0.1, 0.15) is 5.56 Å². The van der Waals surface area contributed by atoms with E-state index >= 15 is 0 Å². The topological polar surface area (TPSA) is 62.7 Å². The number of hydrogen-bond donors (Lipinski definition) is 0. The molecule has 0 spiro atoms. The lowest BCUT2D eigenvalue weighted by Crippen LogP contribution is -2.13. The summed E-state index contributed by atoms with van der Waals surface area (Å²) in [6.45, 7) is 0. The van der Waals surface area contributed by atoms with Crippen LogP contribution < -0.4 is 0 Å². The van der Waals surface area contributed by atoms with Crippen LogP contribution in [0.15, 0.2) is 24.3 Å². The second kappa shape index (κ2) is 6.21. The molecule has 0 fully saturated rings. The van der Waals surface area contributed by atoms with Crippen LogP contribution >= 0.6 is 23.2 Å². The molecule has 1 aromatic rings. The Labute approximate surface area is 108 Å². The lowest BCUT2D eigenvalue weighted by Gasteiger charge is -1.96. The molecule has 0 bridgehead atoms. The van der Waals surface area contributed by atoms with E-state index in [1.165, 1.54) is 13.2 Å². The maximum absolute atomic E-state index is 11.1. The van der Waals surface area contributed by atoms with Crippen LogP contribution in [0, 0.1) is 0 Å². The van der Waals surface area contributed by atoms with E-state index in [1.807, 2.05) is 0 Å². The van der Waals surface area contributed by atoms with E-state index in [1.54, 1.807) is 24.3 Å². The molecular weight excluding hydrogens is 263 g/mol. The summed E-state index contributed by atoms with van der Waals surface area (Å²) < 4.78 is 4.41. The Morgan fingerprint density at radius 1 is 1.41 bits per heavy atom. The first-order valence-electron chi connectivity index (χ1n) is 4.52. The molecule has 0 N–H and O–H groups in total. The summed E-state index contributed by atoms with van der Waals surface area (Å²) in [5, 5.41) is 0.835. The quantitative estimate of drug-likeness (QED) is 0.367. The van der Waals surface area contributed by atoms with Gasteiger partial charge in [0.25, 0.3) is 0 Å². The Kier molecular flexibility index (Phi) is 4.91. The number of esters is 1. The van der Waals surface area contributed by atoms with Gasteiger partial charge in [-0.1, -0.05) is 29.3 Å². The Bertz CT molecular complexity index is 520. The van der Waals surface area contributed by atoms with Gasteiger partial charge in [-0.3, -0.25) is 0 Å². The number of rotatable bonds is 3. The van der Waals surface area contributed by atoms with Crippen molar-refractivity contribution in [1.29, 1.82) is 0 Å². The number of carbonyl (C=O) groups is 1. The van der Waals surface area contributed by atoms with Crippen LogP contribution in [0.4, 0.5) is 0 Å². The van der Waals surface area contributed by atoms with E-state index in [9.17, 15) is 4.79 Å². The van der Waals surface area contributed by atoms with E-state index in [2.05, 4.69) is 9.53 Å². The maximum Gasteiger partial charge on any atom is 0.421 e. The van der Waals surface area contributed by atoms with Crippen molar-refractivity contribution in [2.24, 2.45) is 0 Å². The third-order valence-corrected chi connectivity index (χ3v) is 2.62. The van der Waals surface area contributed by atoms with Crippen molar-refractivity contribution in [3.05, 3.63) is 45.4 Å². The number of nitrogens with zero attached hydrogens (tertiary/aromatic N) is 2. The normalized spacial score (nSPS) is 10.1. The summed E-state index contributed by atoms with van der Waals surface area (Å²) in [7, 11) is 1.19. The highest BCUT2D eigenvalue weighted by molar-refractivity contribution is 6.42. The predicted octanol–water partition coefficient (Wildman–Crippen LogP) is 2.85. The van der Waals surface area contributed by atoms with Gasteiger partial charge in [-0.25, -0.2) is 4.79 Å². The molecule has 0 aromatic heterocycles. The average molecular weight is 271 g/mol. The minimum Gasteiger partial charge on any atom is -0.460 e. The zero-order valence-corrected chi connectivity index (χ0v) is 10.4. The molecule has 0 aliphatic carbocycles. The van der Waals surface area contributed by atoms with E-state index in [0.717, 1.165) is 0 Å². The summed E-state index contributed by atoms with van der Waals surface area (Å²) in [4.78, 5) is 13.9. The van der Waals surface area contributed by atoms with Crippen molar-refractivity contribution in [2.45, 2.75) is 0 Å². The summed E-state index contributed by atoms with van der Waals surface area (Å²) in [5.74, 6) is -0.733. The average Bonchev–Trinajstić information content (AvgIpc) is 2.33. The molecule has 17 heavy (non-hydrogen) atoms. The standard InChI is InChI=1S/C11H8Cl2N2O2/c1-17-11(16)10(15-14)5-3-7-2-4-8(12)9(13)6-7/h2-6H,1H3/b5-3+. The van der Waals surface area contributed by atoms with Crippen LogP contribution in [0.25, 0.3) is 11.6 Å². The van der Waals surface area contributed by atoms with Gasteiger partial charge < -0.3 is 10.3 Å². The van der Waals surface area contributed by atoms with Crippen LogP contribution in [-0.2, 0) is 9.53 Å². The second-order valence-corrected chi connectivity index (χ2v) is 3.80. The molecule has 0 aliphatic rings. The van der Waals surface area contributed by atoms with Crippen molar-refractivity contribution in [2.75, 3.05) is 7.11 Å². The van der Waals surface area contributed by atoms with Gasteiger partial charge in [0, 0.05) is 6.08 Å². The SMILES string of the molecule is COC(=O)C(/C=C/c1ccc(Cl)c(Cl)c1)=[N+]=[N-]. The van der Waals surface area contributed by atoms with Crippen LogP contribution in [0.5, 0.6) is 0 Å². The molecule has 0 saturated heterocycles. The van der Waals surface area contributed by atoms with Crippen molar-refractivity contribution in [3.8, 4) is 0 Å². The van der Waals surface area contributed by atoms with Crippen LogP contribution in [-0.4, -0.2) is 23.6 Å². The van der Waals surface area contributed by atoms with Gasteiger partial charge in [0.1, 0.15) is 0 Å². The number of halogens is 2. The number of carbonyl (C=O) groups excluding carboxylic acids is 1. The van der Waals surface area contributed by atoms with E-state index in [0.29, 0.717) is 15.6 Å². The summed E-state index contributed by atoms with van der Waals surface area (Å²) >= 11 is 11.6. The van der Waals surface area contributed by atoms with Crippen LogP contribution in [0.3, 0.4) is 0 Å². The van der Waals surface area contributed by atoms with E-state index in [4.69, 9.17) is 28.7 Å². The summed E-state index contributed by atoms with van der Waals surface area (Å²) in [5.41, 5.74) is 9.10. The molecule has 0 saturated carbocycles. The Hall–Kier alpha value is -1.61. The third kappa shape index (κ3) is 3.71. The van der Waals surface area contributed by atoms with Crippen molar-refractivity contribution in [3.63, 3.8) is 0 Å². The van der Waals surface area contributed by atoms with Gasteiger partial charge >= 0.3 is 11.7 Å². The number of methoxy groups -OCH3 is 1. The molecule has 0 radical (unpaired) electrons. The number of ether oxygens (including phenoxy) is 1. The van der Waals surface area contributed by atoms with E-state index < -0.39 is 5.97 Å². The lowest BCUT2D eigenvalue weighted by molar-refractivity contribution is -0.137. The zero-order chi connectivity index (χ0) is 12.8. The first kappa shape index (κ1) is 13.5. The molecular formula is C11H8Cl2N2O2. The molecule has 0 unspecified atom stereocenters. The summed E-state index contributed by atoms with van der Waals surface area (Å²) in [6, 6.07) is 4.95. The van der Waals surface area contributed by atoms with Gasteiger partial charge in [0.05, 0.1) is 17.2 Å². The Balaban J connectivity index is 2.94. The van der Waals surface area contributed by atoms with Gasteiger partial charge in [-0.05, 0) is 23.8 Å². The highest BCUT2D eigenvalue weighted by Gasteiger charge is 2.16. The second-order valence-electron chi connectivity index (χ2n) is 2.98. The lowest BCUT2D eigenvalue weighted by atomic mass is 10.2. The monoisotopic (exact) mass is 270 g/mol. The molecule has 0 aliphatic heterocycles. The Morgan fingerprint density at radius 2 is 2.12 bits per heavy atom. The predicted molar refractivity (Wildman–Crippen MR) is 66.1 cm³/mol. The first-order chi connectivity index (χ1) is 8.08. The minimum atomic E-state index is -0.733.